The van der Waals surface area contributed by atoms with Crippen LogP contribution in [-0.4, -0.2) is 33.7 Å². The molecule has 3 rings (SSSR count). The molecule has 2 aromatic rings. The summed E-state index contributed by atoms with van der Waals surface area (Å²) in [4.78, 5) is 6.90. The third-order valence-electron chi connectivity index (χ3n) is 4.07. The van der Waals surface area contributed by atoms with Gasteiger partial charge in [0.25, 0.3) is 0 Å². The lowest BCUT2D eigenvalue weighted by molar-refractivity contribution is 0.354. The molecule has 1 aliphatic rings. The Hall–Kier alpha value is -1.62. The summed E-state index contributed by atoms with van der Waals surface area (Å²) in [6, 6.07) is 2.39. The van der Waals surface area contributed by atoms with E-state index in [2.05, 4.69) is 28.0 Å². The van der Waals surface area contributed by atoms with Crippen molar-refractivity contribution in [2.75, 3.05) is 18.0 Å². The fraction of sp³-hybridized carbons (Fsp3) is 0.571. The van der Waals surface area contributed by atoms with Gasteiger partial charge in [-0.3, -0.25) is 0 Å². The third kappa shape index (κ3) is 2.30. The molecule has 0 aromatic carbocycles. The number of rotatable bonds is 2. The fourth-order valence-corrected chi connectivity index (χ4v) is 2.91. The van der Waals surface area contributed by atoms with Gasteiger partial charge in [-0.25, -0.2) is 9.50 Å². The summed E-state index contributed by atoms with van der Waals surface area (Å²) in [5.74, 6) is 1.69. The van der Waals surface area contributed by atoms with E-state index in [0.717, 1.165) is 43.0 Å². The van der Waals surface area contributed by atoms with Crippen LogP contribution in [0.2, 0.25) is 0 Å². The van der Waals surface area contributed by atoms with Crippen molar-refractivity contribution < 1.29 is 0 Å². The van der Waals surface area contributed by atoms with Gasteiger partial charge in [0.2, 0.25) is 0 Å². The van der Waals surface area contributed by atoms with Crippen molar-refractivity contribution in [3.63, 3.8) is 0 Å². The molecule has 102 valence electrons. The lowest BCUT2D eigenvalue weighted by Crippen LogP contribution is -2.40. The van der Waals surface area contributed by atoms with E-state index in [4.69, 9.17) is 5.73 Å². The van der Waals surface area contributed by atoms with Crippen molar-refractivity contribution in [3.8, 4) is 0 Å². The number of nitrogens with two attached hydrogens (primary N) is 1. The Morgan fingerprint density at radius 2 is 2.11 bits per heavy atom. The van der Waals surface area contributed by atoms with E-state index in [1.165, 1.54) is 0 Å². The second kappa shape index (κ2) is 4.81. The molecular formula is C14H21N5. The second-order valence-corrected chi connectivity index (χ2v) is 5.55. The topological polar surface area (TPSA) is 59.5 Å². The van der Waals surface area contributed by atoms with Gasteiger partial charge in [-0.2, -0.15) is 5.10 Å². The Labute approximate surface area is 113 Å². The predicted octanol–water partition coefficient (Wildman–Crippen LogP) is 1.60. The van der Waals surface area contributed by atoms with E-state index in [-0.39, 0.29) is 0 Å². The molecule has 5 heteroatoms. The second-order valence-electron chi connectivity index (χ2n) is 5.55. The fourth-order valence-electron chi connectivity index (χ4n) is 2.91. The molecule has 0 bridgehead atoms. The van der Waals surface area contributed by atoms with Crippen LogP contribution in [0, 0.1) is 12.8 Å². The maximum absolute atomic E-state index is 6.00. The number of aromatic nitrogens is 3. The van der Waals surface area contributed by atoms with Crippen molar-refractivity contribution in [2.45, 2.75) is 32.7 Å². The number of fused-ring (bicyclic) bond motifs is 1. The van der Waals surface area contributed by atoms with Crippen LogP contribution in [-0.2, 0) is 0 Å². The Morgan fingerprint density at radius 3 is 2.79 bits per heavy atom. The van der Waals surface area contributed by atoms with Gasteiger partial charge in [-0.05, 0) is 38.7 Å². The largest absolute Gasteiger partial charge is 0.355 e. The minimum Gasteiger partial charge on any atom is -0.355 e. The average Bonchev–Trinajstić information content (AvgIpc) is 2.78. The average molecular weight is 259 g/mol. The van der Waals surface area contributed by atoms with Crippen LogP contribution in [0.5, 0.6) is 0 Å². The highest BCUT2D eigenvalue weighted by atomic mass is 15.3. The van der Waals surface area contributed by atoms with Gasteiger partial charge in [0.15, 0.2) is 5.82 Å². The Morgan fingerprint density at radius 1 is 1.37 bits per heavy atom. The van der Waals surface area contributed by atoms with E-state index in [0.29, 0.717) is 12.0 Å². The molecule has 0 aliphatic carbocycles. The minimum absolute atomic E-state index is 0.295. The number of nitrogens with zero attached hydrogens (tertiary/aromatic N) is 4. The van der Waals surface area contributed by atoms with Gasteiger partial charge in [-0.1, -0.05) is 0 Å². The molecular weight excluding hydrogens is 238 g/mol. The lowest BCUT2D eigenvalue weighted by Gasteiger charge is -2.34. The van der Waals surface area contributed by atoms with E-state index in [9.17, 15) is 0 Å². The Balaban J connectivity index is 1.85. The van der Waals surface area contributed by atoms with E-state index in [1.54, 1.807) is 0 Å². The zero-order valence-electron chi connectivity index (χ0n) is 11.6. The van der Waals surface area contributed by atoms with Gasteiger partial charge in [-0.15, -0.1) is 0 Å². The first-order valence-corrected chi connectivity index (χ1v) is 6.96. The molecule has 0 radical (unpaired) electrons. The Kier molecular flexibility index (Phi) is 3.14. The third-order valence-corrected chi connectivity index (χ3v) is 4.07. The van der Waals surface area contributed by atoms with E-state index < -0.39 is 0 Å². The summed E-state index contributed by atoms with van der Waals surface area (Å²) in [5.41, 5.74) is 8.12. The van der Waals surface area contributed by atoms with Crippen molar-refractivity contribution >= 4 is 11.3 Å². The van der Waals surface area contributed by atoms with Crippen LogP contribution in [0.25, 0.3) is 5.52 Å². The first-order valence-electron chi connectivity index (χ1n) is 6.96. The molecule has 1 saturated heterocycles. The lowest BCUT2D eigenvalue weighted by atomic mass is 9.91. The molecule has 1 unspecified atom stereocenters. The van der Waals surface area contributed by atoms with E-state index >= 15 is 0 Å². The maximum Gasteiger partial charge on any atom is 0.154 e. The van der Waals surface area contributed by atoms with Crippen LogP contribution in [0.4, 0.5) is 5.82 Å². The van der Waals surface area contributed by atoms with Crippen LogP contribution < -0.4 is 10.6 Å². The molecule has 2 N–H and O–H groups in total. The molecule has 19 heavy (non-hydrogen) atoms. The standard InChI is InChI=1S/C14H21N5/c1-10-9-13-14(16-5-8-19(13)17-10)18-6-3-12(4-7-18)11(2)15/h5,8-9,11-12H,3-4,6-7,15H2,1-2H3. The van der Waals surface area contributed by atoms with Crippen molar-refractivity contribution in [1.82, 2.24) is 14.6 Å². The molecule has 0 saturated carbocycles. The summed E-state index contributed by atoms with van der Waals surface area (Å²) in [5, 5.41) is 4.44. The van der Waals surface area contributed by atoms with Gasteiger partial charge in [0.1, 0.15) is 5.52 Å². The molecule has 1 fully saturated rings. The Bertz CT molecular complexity index is 566. The molecule has 1 atom stereocenters. The molecule has 3 heterocycles. The number of hydrogen-bond donors (Lipinski definition) is 1. The van der Waals surface area contributed by atoms with Crippen LogP contribution in [0.3, 0.4) is 0 Å². The molecule has 0 spiro atoms. The minimum atomic E-state index is 0.295. The van der Waals surface area contributed by atoms with Crippen molar-refractivity contribution in [1.29, 1.82) is 0 Å². The highest BCUT2D eigenvalue weighted by molar-refractivity contribution is 5.69. The number of hydrogen-bond acceptors (Lipinski definition) is 4. The number of anilines is 1. The molecule has 0 amide bonds. The first kappa shape index (κ1) is 12.4. The highest BCUT2D eigenvalue weighted by Gasteiger charge is 2.23. The zero-order chi connectivity index (χ0) is 13.4. The van der Waals surface area contributed by atoms with Crippen LogP contribution in [0.1, 0.15) is 25.5 Å². The predicted molar refractivity (Wildman–Crippen MR) is 76.3 cm³/mol. The summed E-state index contributed by atoms with van der Waals surface area (Å²) in [7, 11) is 0. The summed E-state index contributed by atoms with van der Waals surface area (Å²) in [6.07, 6.45) is 6.02. The molecule has 2 aromatic heterocycles. The van der Waals surface area contributed by atoms with Crippen LogP contribution in [0.15, 0.2) is 18.5 Å². The smallest absolute Gasteiger partial charge is 0.154 e. The van der Waals surface area contributed by atoms with Crippen molar-refractivity contribution in [2.24, 2.45) is 11.7 Å². The maximum atomic E-state index is 6.00. The number of aryl methyl sites for hydroxylation is 1. The SMILES string of the molecule is Cc1cc2c(N3CCC(C(C)N)CC3)nccn2n1. The van der Waals surface area contributed by atoms with Crippen molar-refractivity contribution in [3.05, 3.63) is 24.2 Å². The zero-order valence-corrected chi connectivity index (χ0v) is 11.6. The number of piperidine rings is 1. The normalized spacial score (nSPS) is 19.0. The first-order chi connectivity index (χ1) is 9.15. The van der Waals surface area contributed by atoms with Gasteiger partial charge in [0, 0.05) is 31.5 Å². The van der Waals surface area contributed by atoms with Gasteiger partial charge in [0.05, 0.1) is 5.69 Å². The summed E-state index contributed by atoms with van der Waals surface area (Å²) in [6.45, 7) is 6.19. The van der Waals surface area contributed by atoms with Crippen LogP contribution >= 0.6 is 0 Å². The highest BCUT2D eigenvalue weighted by Crippen LogP contribution is 2.26. The molecule has 1 aliphatic heterocycles. The summed E-state index contributed by atoms with van der Waals surface area (Å²) < 4.78 is 1.91. The van der Waals surface area contributed by atoms with E-state index in [1.807, 2.05) is 23.8 Å². The quantitative estimate of drug-likeness (QED) is 0.890. The molecule has 5 nitrogen and oxygen atoms in total. The summed E-state index contributed by atoms with van der Waals surface area (Å²) >= 11 is 0. The van der Waals surface area contributed by atoms with Gasteiger partial charge < -0.3 is 10.6 Å². The monoisotopic (exact) mass is 259 g/mol. The van der Waals surface area contributed by atoms with Gasteiger partial charge >= 0.3 is 0 Å².